The smallest absolute Gasteiger partial charge is 0.408 e. The van der Waals surface area contributed by atoms with Gasteiger partial charge in [-0.1, -0.05) is 49.3 Å². The Morgan fingerprint density at radius 2 is 1.77 bits per heavy atom. The van der Waals surface area contributed by atoms with Crippen LogP contribution in [-0.4, -0.2) is 75.7 Å². The number of aliphatic carboxylic acids is 1. The van der Waals surface area contributed by atoms with E-state index in [1.54, 1.807) is 20.8 Å². The van der Waals surface area contributed by atoms with Gasteiger partial charge >= 0.3 is 18.0 Å². The van der Waals surface area contributed by atoms with Crippen molar-refractivity contribution in [2.24, 2.45) is 11.8 Å². The molecule has 11 heteroatoms. The quantitative estimate of drug-likeness (QED) is 0.348. The molecule has 4 aliphatic rings. The first-order valence-electron chi connectivity index (χ1n) is 15.7. The van der Waals surface area contributed by atoms with Crippen molar-refractivity contribution in [3.05, 3.63) is 47.5 Å². The summed E-state index contributed by atoms with van der Waals surface area (Å²) < 4.78 is 11.3. The van der Waals surface area contributed by atoms with E-state index in [0.29, 0.717) is 25.7 Å². The molecule has 2 heterocycles. The zero-order valence-corrected chi connectivity index (χ0v) is 25.7. The van der Waals surface area contributed by atoms with Crippen LogP contribution in [0, 0.1) is 11.8 Å². The van der Waals surface area contributed by atoms with E-state index >= 15 is 0 Å². The first-order valence-corrected chi connectivity index (χ1v) is 15.7. The van der Waals surface area contributed by atoms with Crippen molar-refractivity contribution >= 4 is 29.8 Å². The Labute approximate surface area is 257 Å². The van der Waals surface area contributed by atoms with Crippen LogP contribution in [0.1, 0.15) is 76.8 Å². The predicted molar refractivity (Wildman–Crippen MR) is 159 cm³/mol. The van der Waals surface area contributed by atoms with Gasteiger partial charge in [-0.15, -0.1) is 0 Å². The molecule has 5 atom stereocenters. The number of amides is 3. The number of esters is 1. The number of carbonyl (C=O) groups excluding carboxylic acids is 4. The minimum Gasteiger partial charge on any atom is -0.479 e. The Kier molecular flexibility index (Phi) is 9.04. The van der Waals surface area contributed by atoms with Crippen LogP contribution in [0.25, 0.3) is 0 Å². The largest absolute Gasteiger partial charge is 0.479 e. The number of fused-ring (bicyclic) bond motifs is 3. The van der Waals surface area contributed by atoms with Crippen molar-refractivity contribution < 1.29 is 38.6 Å². The molecule has 1 unspecified atom stereocenters. The van der Waals surface area contributed by atoms with Crippen molar-refractivity contribution in [2.75, 3.05) is 6.54 Å². The third-order valence-corrected chi connectivity index (χ3v) is 8.98. The van der Waals surface area contributed by atoms with E-state index < -0.39 is 53.2 Å². The first kappa shape index (κ1) is 31.5. The third-order valence-electron chi connectivity index (χ3n) is 8.98. The Bertz CT molecular complexity index is 1310. The molecule has 1 aromatic rings. The topological polar surface area (TPSA) is 151 Å². The van der Waals surface area contributed by atoms with Gasteiger partial charge in [0.1, 0.15) is 29.3 Å². The van der Waals surface area contributed by atoms with Gasteiger partial charge in [-0.05, 0) is 70.4 Å². The molecule has 1 saturated carbocycles. The van der Waals surface area contributed by atoms with E-state index in [4.69, 9.17) is 9.47 Å². The van der Waals surface area contributed by atoms with Gasteiger partial charge in [0, 0.05) is 12.3 Å². The molecule has 44 heavy (non-hydrogen) atoms. The van der Waals surface area contributed by atoms with E-state index in [9.17, 15) is 29.1 Å². The van der Waals surface area contributed by atoms with Gasteiger partial charge in [-0.3, -0.25) is 14.4 Å². The second-order valence-electron chi connectivity index (χ2n) is 13.5. The van der Waals surface area contributed by atoms with Crippen molar-refractivity contribution in [1.29, 1.82) is 0 Å². The SMILES string of the molecule is CC(C)(C)OC(=O)N[C@H]1CCCCC/C=C\C2C[C@@]2(C(=O)O)NC(=O)[C@@H]2C[C@@H](OC(=O)C3Cc4ccccc4C3)CN2C1=O. The Hall–Kier alpha value is -3.89. The van der Waals surface area contributed by atoms with Crippen molar-refractivity contribution in [3.63, 3.8) is 0 Å². The van der Waals surface area contributed by atoms with Gasteiger partial charge in [0.15, 0.2) is 0 Å². The molecule has 238 valence electrons. The van der Waals surface area contributed by atoms with E-state index in [1.807, 2.05) is 36.4 Å². The Balaban J connectivity index is 1.37. The van der Waals surface area contributed by atoms with Gasteiger partial charge in [0.05, 0.1) is 12.5 Å². The molecule has 0 radical (unpaired) electrons. The number of hydrogen-bond acceptors (Lipinski definition) is 7. The maximum absolute atomic E-state index is 14.1. The van der Waals surface area contributed by atoms with Gasteiger partial charge in [-0.2, -0.15) is 0 Å². The zero-order chi connectivity index (χ0) is 31.6. The fraction of sp³-hybridized carbons (Fsp3) is 0.606. The standard InChI is InChI=1S/C33H43N3O8/c1-32(2,3)44-31(42)34-25-14-8-6-4-5-7-13-23-18-33(23,30(40)41)35-27(37)26-17-24(19-36(26)28(25)38)43-29(39)22-15-20-11-9-10-12-21(20)16-22/h7,9-13,22-26H,4-6,8,14-19H2,1-3H3,(H,34,42)(H,35,37)(H,40,41)/b13-7-/t23?,24-,25+,26+,33-/m1/s1. The molecule has 3 amide bonds. The van der Waals surface area contributed by atoms with Crippen LogP contribution in [0.2, 0.25) is 0 Å². The molecule has 3 N–H and O–H groups in total. The first-order chi connectivity index (χ1) is 20.9. The van der Waals surface area contributed by atoms with Crippen molar-refractivity contribution in [1.82, 2.24) is 15.5 Å². The van der Waals surface area contributed by atoms with E-state index in [2.05, 4.69) is 10.6 Å². The average molecular weight is 610 g/mol. The lowest BCUT2D eigenvalue weighted by Crippen LogP contribution is -2.56. The number of carboxylic acid groups (broad SMARTS) is 1. The maximum Gasteiger partial charge on any atom is 0.408 e. The number of ether oxygens (including phenoxy) is 2. The normalized spacial score (nSPS) is 30.0. The summed E-state index contributed by atoms with van der Waals surface area (Å²) in [6.45, 7) is 5.14. The van der Waals surface area contributed by atoms with Crippen LogP contribution in [0.5, 0.6) is 0 Å². The fourth-order valence-corrected chi connectivity index (χ4v) is 6.58. The maximum atomic E-state index is 14.1. The molecule has 0 spiro atoms. The number of alkyl carbamates (subject to hydrolysis) is 1. The van der Waals surface area contributed by atoms with Gasteiger partial charge in [-0.25, -0.2) is 9.59 Å². The summed E-state index contributed by atoms with van der Waals surface area (Å²) in [5.41, 5.74) is -0.0149. The number of carboxylic acids is 1. The molecule has 1 saturated heterocycles. The molecule has 0 bridgehead atoms. The highest BCUT2D eigenvalue weighted by molar-refractivity contribution is 5.96. The Morgan fingerprint density at radius 3 is 2.43 bits per heavy atom. The van der Waals surface area contributed by atoms with Crippen LogP contribution >= 0.6 is 0 Å². The van der Waals surface area contributed by atoms with Gasteiger partial charge in [0.25, 0.3) is 0 Å². The highest BCUT2D eigenvalue weighted by Crippen LogP contribution is 2.45. The zero-order valence-electron chi connectivity index (χ0n) is 25.7. The second kappa shape index (κ2) is 12.6. The third kappa shape index (κ3) is 7.08. The summed E-state index contributed by atoms with van der Waals surface area (Å²) in [6.07, 6.45) is 7.05. The molecule has 2 aliphatic heterocycles. The monoisotopic (exact) mass is 609 g/mol. The number of benzene rings is 1. The van der Waals surface area contributed by atoms with E-state index in [0.717, 1.165) is 30.4 Å². The van der Waals surface area contributed by atoms with Crippen molar-refractivity contribution in [3.8, 4) is 0 Å². The number of nitrogens with zero attached hydrogens (tertiary/aromatic N) is 1. The van der Waals surface area contributed by atoms with Gasteiger partial charge in [0.2, 0.25) is 11.8 Å². The summed E-state index contributed by atoms with van der Waals surface area (Å²) >= 11 is 0. The molecule has 1 aromatic carbocycles. The van der Waals surface area contributed by atoms with Crippen LogP contribution in [0.4, 0.5) is 4.79 Å². The molecular weight excluding hydrogens is 566 g/mol. The fourth-order valence-electron chi connectivity index (χ4n) is 6.58. The van der Waals surface area contributed by atoms with Crippen LogP contribution < -0.4 is 10.6 Å². The number of rotatable bonds is 4. The molecule has 11 nitrogen and oxygen atoms in total. The molecular formula is C33H43N3O8. The Morgan fingerprint density at radius 1 is 1.07 bits per heavy atom. The summed E-state index contributed by atoms with van der Waals surface area (Å²) in [4.78, 5) is 67.4. The van der Waals surface area contributed by atoms with Crippen LogP contribution in [0.15, 0.2) is 36.4 Å². The molecule has 2 aliphatic carbocycles. The highest BCUT2D eigenvalue weighted by Gasteiger charge is 2.61. The van der Waals surface area contributed by atoms with E-state index in [-0.39, 0.29) is 37.2 Å². The predicted octanol–water partition coefficient (Wildman–Crippen LogP) is 3.29. The highest BCUT2D eigenvalue weighted by atomic mass is 16.6. The lowest BCUT2D eigenvalue weighted by Gasteiger charge is -2.30. The summed E-state index contributed by atoms with van der Waals surface area (Å²) in [5, 5.41) is 15.5. The molecule has 2 fully saturated rings. The van der Waals surface area contributed by atoms with Crippen LogP contribution in [-0.2, 0) is 41.5 Å². The lowest BCUT2D eigenvalue weighted by atomic mass is 10.0. The summed E-state index contributed by atoms with van der Waals surface area (Å²) in [6, 6.07) is 5.82. The minimum absolute atomic E-state index is 0.0261. The molecule has 0 aromatic heterocycles. The second-order valence-corrected chi connectivity index (χ2v) is 13.5. The lowest BCUT2D eigenvalue weighted by molar-refractivity contribution is -0.153. The summed E-state index contributed by atoms with van der Waals surface area (Å²) in [7, 11) is 0. The molecule has 5 rings (SSSR count). The van der Waals surface area contributed by atoms with Crippen LogP contribution in [0.3, 0.4) is 0 Å². The number of nitrogens with one attached hydrogen (secondary N) is 2. The summed E-state index contributed by atoms with van der Waals surface area (Å²) in [5.74, 6) is -3.33. The van der Waals surface area contributed by atoms with Gasteiger partial charge < -0.3 is 30.1 Å². The number of allylic oxidation sites excluding steroid dienone is 1. The number of carbonyl (C=O) groups is 5. The van der Waals surface area contributed by atoms with Crippen molar-refractivity contribution in [2.45, 2.75) is 108 Å². The minimum atomic E-state index is -1.44. The van der Waals surface area contributed by atoms with E-state index in [1.165, 1.54) is 4.90 Å². The number of hydrogen-bond donors (Lipinski definition) is 3. The average Bonchev–Trinajstić information content (AvgIpc) is 3.27.